The van der Waals surface area contributed by atoms with Crippen molar-refractivity contribution in [1.82, 2.24) is 9.59 Å². The Morgan fingerprint density at radius 3 is 2.93 bits per heavy atom. The number of hydrogen-bond acceptors (Lipinski definition) is 4. The fourth-order valence-electron chi connectivity index (χ4n) is 1.08. The first-order chi connectivity index (χ1) is 7.25. The maximum Gasteiger partial charge on any atom is 0.0946 e. The van der Waals surface area contributed by atoms with Gasteiger partial charge < -0.3 is 5.32 Å². The van der Waals surface area contributed by atoms with Gasteiger partial charge in [-0.1, -0.05) is 20.4 Å². The topological polar surface area (TPSA) is 37.8 Å². The Morgan fingerprint density at radius 1 is 1.33 bits per heavy atom. The molecule has 1 aromatic heterocycles. The molecular weight excluding hydrogens is 342 g/mol. The van der Waals surface area contributed by atoms with E-state index in [-0.39, 0.29) is 0 Å². The van der Waals surface area contributed by atoms with Crippen LogP contribution >= 0.6 is 43.4 Å². The van der Waals surface area contributed by atoms with Crippen molar-refractivity contribution in [3.05, 3.63) is 38.2 Å². The average molecular weight is 349 g/mol. The molecule has 2 aromatic rings. The maximum absolute atomic E-state index is 3.96. The van der Waals surface area contributed by atoms with Crippen molar-refractivity contribution in [2.45, 2.75) is 6.54 Å². The lowest BCUT2D eigenvalue weighted by Crippen LogP contribution is -2.00. The van der Waals surface area contributed by atoms with Gasteiger partial charge in [-0.25, -0.2) is 0 Å². The van der Waals surface area contributed by atoms with E-state index in [0.717, 1.165) is 20.3 Å². The summed E-state index contributed by atoms with van der Waals surface area (Å²) in [5.41, 5.74) is 1.99. The van der Waals surface area contributed by atoms with Gasteiger partial charge in [-0.3, -0.25) is 0 Å². The van der Waals surface area contributed by atoms with Crippen LogP contribution in [0.1, 0.15) is 5.69 Å². The summed E-state index contributed by atoms with van der Waals surface area (Å²) in [6.07, 6.45) is 0. The van der Waals surface area contributed by atoms with E-state index in [2.05, 4.69) is 46.8 Å². The van der Waals surface area contributed by atoms with Crippen LogP contribution in [0.15, 0.2) is 32.5 Å². The lowest BCUT2D eigenvalue weighted by Gasteiger charge is -2.06. The monoisotopic (exact) mass is 347 g/mol. The highest BCUT2D eigenvalue weighted by Crippen LogP contribution is 2.26. The first-order valence-electron chi connectivity index (χ1n) is 4.20. The van der Waals surface area contributed by atoms with Crippen molar-refractivity contribution in [2.75, 3.05) is 5.32 Å². The number of rotatable bonds is 3. The largest absolute Gasteiger partial charge is 0.378 e. The van der Waals surface area contributed by atoms with Gasteiger partial charge in [0.25, 0.3) is 0 Å². The molecule has 0 aliphatic heterocycles. The minimum Gasteiger partial charge on any atom is -0.378 e. The summed E-state index contributed by atoms with van der Waals surface area (Å²) in [5, 5.41) is 9.18. The van der Waals surface area contributed by atoms with E-state index in [0.29, 0.717) is 6.54 Å². The van der Waals surface area contributed by atoms with Crippen molar-refractivity contribution in [2.24, 2.45) is 0 Å². The van der Waals surface area contributed by atoms with Gasteiger partial charge in [-0.05, 0) is 45.7 Å². The number of anilines is 1. The predicted molar refractivity (Wildman–Crippen MR) is 69.1 cm³/mol. The van der Waals surface area contributed by atoms with Gasteiger partial charge in [0.05, 0.1) is 12.2 Å². The third-order valence-electron chi connectivity index (χ3n) is 1.79. The smallest absolute Gasteiger partial charge is 0.0946 e. The second kappa shape index (κ2) is 5.05. The van der Waals surface area contributed by atoms with Crippen LogP contribution in [-0.2, 0) is 6.54 Å². The molecule has 0 radical (unpaired) electrons. The first-order valence-corrected chi connectivity index (χ1v) is 6.63. The zero-order valence-corrected chi connectivity index (χ0v) is 11.6. The standard InChI is InChI=1S/C9H7Br2N3S/c10-6-1-2-8(11)9(3-6)12-4-7-5-15-14-13-7/h1-3,5,12H,4H2. The number of nitrogens with one attached hydrogen (secondary N) is 1. The van der Waals surface area contributed by atoms with Crippen molar-refractivity contribution in [3.63, 3.8) is 0 Å². The molecule has 0 aliphatic carbocycles. The molecule has 78 valence electrons. The SMILES string of the molecule is Brc1ccc(Br)c(NCc2csnn2)c1. The number of nitrogens with zero attached hydrogens (tertiary/aromatic N) is 2. The normalized spacial score (nSPS) is 10.3. The van der Waals surface area contributed by atoms with Gasteiger partial charge in [0, 0.05) is 20.0 Å². The Kier molecular flexibility index (Phi) is 3.71. The Hall–Kier alpha value is -0.460. The van der Waals surface area contributed by atoms with Crippen molar-refractivity contribution >= 4 is 49.1 Å². The minimum atomic E-state index is 0.686. The molecule has 0 aliphatic rings. The van der Waals surface area contributed by atoms with E-state index in [1.165, 1.54) is 11.5 Å². The Morgan fingerprint density at radius 2 is 2.20 bits per heavy atom. The molecule has 15 heavy (non-hydrogen) atoms. The molecule has 0 bridgehead atoms. The second-order valence-corrected chi connectivity index (χ2v) is 5.25. The molecule has 3 nitrogen and oxygen atoms in total. The van der Waals surface area contributed by atoms with Crippen molar-refractivity contribution in [1.29, 1.82) is 0 Å². The summed E-state index contributed by atoms with van der Waals surface area (Å²) in [5.74, 6) is 0. The van der Waals surface area contributed by atoms with E-state index < -0.39 is 0 Å². The molecule has 2 rings (SSSR count). The quantitative estimate of drug-likeness (QED) is 0.919. The van der Waals surface area contributed by atoms with E-state index in [9.17, 15) is 0 Å². The third kappa shape index (κ3) is 2.99. The van der Waals surface area contributed by atoms with Crippen molar-refractivity contribution < 1.29 is 0 Å². The second-order valence-electron chi connectivity index (χ2n) is 2.87. The number of hydrogen-bond donors (Lipinski definition) is 1. The first kappa shape index (κ1) is 11.0. The molecule has 0 amide bonds. The highest BCUT2D eigenvalue weighted by Gasteiger charge is 2.01. The highest BCUT2D eigenvalue weighted by atomic mass is 79.9. The molecule has 0 atom stereocenters. The van der Waals surface area contributed by atoms with Crippen LogP contribution in [0.25, 0.3) is 0 Å². The van der Waals surface area contributed by atoms with Crippen LogP contribution in [-0.4, -0.2) is 9.59 Å². The molecule has 0 spiro atoms. The number of halogens is 2. The van der Waals surface area contributed by atoms with E-state index >= 15 is 0 Å². The van der Waals surface area contributed by atoms with Crippen LogP contribution in [0.2, 0.25) is 0 Å². The van der Waals surface area contributed by atoms with Crippen molar-refractivity contribution in [3.8, 4) is 0 Å². The summed E-state index contributed by atoms with van der Waals surface area (Å²) >= 11 is 8.27. The van der Waals surface area contributed by atoms with Crippen LogP contribution in [0.4, 0.5) is 5.69 Å². The van der Waals surface area contributed by atoms with E-state index in [1.807, 2.05) is 23.6 Å². The molecular formula is C9H7Br2N3S. The number of benzene rings is 1. The lowest BCUT2D eigenvalue weighted by molar-refractivity contribution is 0.998. The highest BCUT2D eigenvalue weighted by molar-refractivity contribution is 9.11. The molecule has 1 N–H and O–H groups in total. The third-order valence-corrected chi connectivity index (χ3v) is 3.53. The molecule has 1 aromatic carbocycles. The van der Waals surface area contributed by atoms with Gasteiger partial charge in [0.1, 0.15) is 0 Å². The summed E-state index contributed by atoms with van der Waals surface area (Å²) < 4.78 is 5.89. The lowest BCUT2D eigenvalue weighted by atomic mass is 10.3. The Labute approximate surface area is 108 Å². The maximum atomic E-state index is 3.96. The average Bonchev–Trinajstić information content (AvgIpc) is 2.72. The minimum absolute atomic E-state index is 0.686. The van der Waals surface area contributed by atoms with E-state index in [4.69, 9.17) is 0 Å². The van der Waals surface area contributed by atoms with Gasteiger partial charge in [0.2, 0.25) is 0 Å². The summed E-state index contributed by atoms with van der Waals surface area (Å²) in [7, 11) is 0. The van der Waals surface area contributed by atoms with Crippen LogP contribution < -0.4 is 5.32 Å². The molecule has 0 saturated carbocycles. The zero-order valence-electron chi connectivity index (χ0n) is 7.58. The summed E-state index contributed by atoms with van der Waals surface area (Å²) in [6.45, 7) is 0.686. The molecule has 0 unspecified atom stereocenters. The molecule has 6 heteroatoms. The summed E-state index contributed by atoms with van der Waals surface area (Å²) in [4.78, 5) is 0. The van der Waals surface area contributed by atoms with Gasteiger partial charge in [0.15, 0.2) is 0 Å². The summed E-state index contributed by atoms with van der Waals surface area (Å²) in [6, 6.07) is 6.00. The Balaban J connectivity index is 2.07. The fraction of sp³-hybridized carbons (Fsp3) is 0.111. The van der Waals surface area contributed by atoms with Crippen LogP contribution in [0.5, 0.6) is 0 Å². The van der Waals surface area contributed by atoms with Gasteiger partial charge >= 0.3 is 0 Å². The van der Waals surface area contributed by atoms with E-state index in [1.54, 1.807) is 0 Å². The molecule has 0 fully saturated rings. The fourth-order valence-corrected chi connectivity index (χ4v) is 2.28. The van der Waals surface area contributed by atoms with Gasteiger partial charge in [-0.2, -0.15) is 0 Å². The predicted octanol–water partition coefficient (Wildman–Crippen LogP) is 3.68. The molecule has 1 heterocycles. The Bertz CT molecular complexity index is 445. The van der Waals surface area contributed by atoms with Crippen LogP contribution in [0.3, 0.4) is 0 Å². The zero-order chi connectivity index (χ0) is 10.7. The molecule has 0 saturated heterocycles. The van der Waals surface area contributed by atoms with Crippen LogP contribution in [0, 0.1) is 0 Å². The number of aromatic nitrogens is 2. The van der Waals surface area contributed by atoms with Gasteiger partial charge in [-0.15, -0.1) is 5.10 Å².